The van der Waals surface area contributed by atoms with E-state index in [1.54, 1.807) is 35.2 Å². The summed E-state index contributed by atoms with van der Waals surface area (Å²) in [6.45, 7) is 1.19. The van der Waals surface area contributed by atoms with E-state index in [2.05, 4.69) is 10.6 Å². The van der Waals surface area contributed by atoms with E-state index in [9.17, 15) is 14.4 Å². The summed E-state index contributed by atoms with van der Waals surface area (Å²) in [4.78, 5) is 38.0. The first-order valence-electron chi connectivity index (χ1n) is 8.66. The van der Waals surface area contributed by atoms with Crippen molar-refractivity contribution in [3.63, 3.8) is 0 Å². The van der Waals surface area contributed by atoms with Crippen LogP contribution in [0.15, 0.2) is 41.0 Å². The molecule has 0 atom stereocenters. The second kappa shape index (κ2) is 8.50. The molecule has 2 aromatic rings. The molecule has 2 N–H and O–H groups in total. The van der Waals surface area contributed by atoms with Crippen LogP contribution < -0.4 is 15.5 Å². The number of ether oxygens (including phenoxy) is 1. The maximum atomic E-state index is 12.6. The third-order valence-electron chi connectivity index (χ3n) is 4.23. The Morgan fingerprint density at radius 3 is 2.81 bits per heavy atom. The molecule has 1 aromatic carbocycles. The van der Waals surface area contributed by atoms with E-state index in [1.807, 2.05) is 0 Å². The van der Waals surface area contributed by atoms with Crippen LogP contribution in [0.1, 0.15) is 22.5 Å². The molecule has 1 aliphatic heterocycles. The van der Waals surface area contributed by atoms with Gasteiger partial charge in [-0.3, -0.25) is 14.4 Å². The lowest BCUT2D eigenvalue weighted by atomic mass is 10.0. The average Bonchev–Trinajstić information content (AvgIpc) is 3.21. The predicted octanol–water partition coefficient (Wildman–Crippen LogP) is 1.57. The van der Waals surface area contributed by atoms with E-state index in [0.717, 1.165) is 24.1 Å². The molecule has 0 unspecified atom stereocenters. The van der Waals surface area contributed by atoms with Gasteiger partial charge in [0.1, 0.15) is 0 Å². The van der Waals surface area contributed by atoms with Crippen LogP contribution in [-0.2, 0) is 20.7 Å². The minimum Gasteiger partial charge on any atom is -0.459 e. The van der Waals surface area contributed by atoms with Gasteiger partial charge in [0.2, 0.25) is 0 Å². The van der Waals surface area contributed by atoms with Gasteiger partial charge in [-0.15, -0.1) is 0 Å². The second-order valence-corrected chi connectivity index (χ2v) is 6.08. The summed E-state index contributed by atoms with van der Waals surface area (Å²) in [5.41, 5.74) is 2.22. The minimum atomic E-state index is -0.745. The molecule has 0 aliphatic carbocycles. The molecule has 1 aromatic heterocycles. The molecule has 0 radical (unpaired) electrons. The number of rotatable bonds is 5. The third-order valence-corrected chi connectivity index (χ3v) is 4.23. The van der Waals surface area contributed by atoms with Gasteiger partial charge in [0.05, 0.1) is 12.9 Å². The van der Waals surface area contributed by atoms with Crippen molar-refractivity contribution in [1.82, 2.24) is 5.32 Å². The van der Waals surface area contributed by atoms with Gasteiger partial charge in [0, 0.05) is 31.6 Å². The molecule has 0 saturated carbocycles. The predicted molar refractivity (Wildman–Crippen MR) is 98.7 cm³/mol. The lowest BCUT2D eigenvalue weighted by Crippen LogP contribution is -2.37. The lowest BCUT2D eigenvalue weighted by Gasteiger charge is -2.29. The number of hydrogen-bond acceptors (Lipinski definition) is 5. The van der Waals surface area contributed by atoms with Crippen molar-refractivity contribution in [3.8, 4) is 0 Å². The molecule has 8 nitrogen and oxygen atoms in total. The highest BCUT2D eigenvalue weighted by Gasteiger charge is 2.25. The van der Waals surface area contributed by atoms with Gasteiger partial charge in [-0.25, -0.2) is 0 Å². The van der Waals surface area contributed by atoms with E-state index in [-0.39, 0.29) is 18.2 Å². The Morgan fingerprint density at radius 2 is 2.07 bits per heavy atom. The number of anilines is 2. The van der Waals surface area contributed by atoms with Crippen molar-refractivity contribution in [2.45, 2.75) is 12.8 Å². The van der Waals surface area contributed by atoms with Crippen molar-refractivity contribution >= 4 is 29.1 Å². The molecule has 27 heavy (non-hydrogen) atoms. The molecule has 2 heterocycles. The van der Waals surface area contributed by atoms with E-state index in [4.69, 9.17) is 9.15 Å². The number of hydrogen-bond donors (Lipinski definition) is 2. The molecule has 3 amide bonds. The largest absolute Gasteiger partial charge is 0.459 e. The molecule has 8 heteroatoms. The number of benzene rings is 1. The SMILES string of the molecule is COCCNC(=O)C(=O)Nc1ccc2c(c1)CCCN2C(=O)c1ccco1. The topological polar surface area (TPSA) is 101 Å². The second-order valence-electron chi connectivity index (χ2n) is 6.08. The van der Waals surface area contributed by atoms with Crippen LogP contribution in [-0.4, -0.2) is 44.5 Å². The van der Waals surface area contributed by atoms with Crippen molar-refractivity contribution in [2.24, 2.45) is 0 Å². The number of aryl methyl sites for hydroxylation is 1. The number of carbonyl (C=O) groups excluding carboxylic acids is 3. The summed E-state index contributed by atoms with van der Waals surface area (Å²) in [5, 5.41) is 5.04. The van der Waals surface area contributed by atoms with Crippen LogP contribution in [0, 0.1) is 0 Å². The van der Waals surface area contributed by atoms with Gasteiger partial charge >= 0.3 is 11.8 Å². The Hall–Kier alpha value is -3.13. The average molecular weight is 371 g/mol. The summed E-state index contributed by atoms with van der Waals surface area (Å²) in [6.07, 6.45) is 3.05. The Bertz CT molecular complexity index is 832. The van der Waals surface area contributed by atoms with Crippen molar-refractivity contribution < 1.29 is 23.5 Å². The monoisotopic (exact) mass is 371 g/mol. The fourth-order valence-electron chi connectivity index (χ4n) is 2.95. The van der Waals surface area contributed by atoms with Crippen LogP contribution in [0.4, 0.5) is 11.4 Å². The number of nitrogens with zero attached hydrogens (tertiary/aromatic N) is 1. The van der Waals surface area contributed by atoms with Crippen molar-refractivity contribution in [2.75, 3.05) is 37.0 Å². The zero-order valence-electron chi connectivity index (χ0n) is 15.0. The maximum Gasteiger partial charge on any atom is 0.313 e. The molecule has 0 bridgehead atoms. The van der Waals surface area contributed by atoms with E-state index >= 15 is 0 Å². The van der Waals surface area contributed by atoms with Gasteiger partial charge in [-0.1, -0.05) is 0 Å². The molecule has 3 rings (SSSR count). The number of carbonyl (C=O) groups is 3. The zero-order chi connectivity index (χ0) is 19.2. The molecular formula is C19H21N3O5. The van der Waals surface area contributed by atoms with Gasteiger partial charge < -0.3 is 24.7 Å². The smallest absolute Gasteiger partial charge is 0.313 e. The van der Waals surface area contributed by atoms with Crippen LogP contribution in [0.2, 0.25) is 0 Å². The number of fused-ring (bicyclic) bond motifs is 1. The first-order chi connectivity index (χ1) is 13.1. The normalized spacial score (nSPS) is 13.0. The van der Waals surface area contributed by atoms with E-state index < -0.39 is 11.8 Å². The van der Waals surface area contributed by atoms with Crippen LogP contribution >= 0.6 is 0 Å². The highest BCUT2D eigenvalue weighted by Crippen LogP contribution is 2.30. The highest BCUT2D eigenvalue weighted by molar-refractivity contribution is 6.39. The summed E-state index contributed by atoms with van der Waals surface area (Å²) in [5.74, 6) is -1.38. The minimum absolute atomic E-state index is 0.199. The fourth-order valence-corrected chi connectivity index (χ4v) is 2.95. The van der Waals surface area contributed by atoms with Gasteiger partial charge in [0.25, 0.3) is 5.91 Å². The van der Waals surface area contributed by atoms with E-state index in [1.165, 1.54) is 13.4 Å². The maximum absolute atomic E-state index is 12.6. The third kappa shape index (κ3) is 4.35. The van der Waals surface area contributed by atoms with Gasteiger partial charge in [0.15, 0.2) is 5.76 Å². The Balaban J connectivity index is 1.70. The number of methoxy groups -OCH3 is 1. The summed E-state index contributed by atoms with van der Waals surface area (Å²) < 4.78 is 10.0. The summed E-state index contributed by atoms with van der Waals surface area (Å²) in [7, 11) is 1.51. The quantitative estimate of drug-likeness (QED) is 0.614. The number of amides is 3. The van der Waals surface area contributed by atoms with Gasteiger partial charge in [-0.2, -0.15) is 0 Å². The molecular weight excluding hydrogens is 350 g/mol. The molecule has 0 fully saturated rings. The molecule has 0 spiro atoms. The Morgan fingerprint density at radius 1 is 1.22 bits per heavy atom. The van der Waals surface area contributed by atoms with Crippen molar-refractivity contribution in [1.29, 1.82) is 0 Å². The standard InChI is InChI=1S/C19H21N3O5/c1-26-11-8-20-17(23)18(24)21-14-6-7-15-13(12-14)4-2-9-22(15)19(25)16-5-3-10-27-16/h3,5-7,10,12H,2,4,8-9,11H2,1H3,(H,20,23)(H,21,24). The van der Waals surface area contributed by atoms with Crippen LogP contribution in [0.5, 0.6) is 0 Å². The highest BCUT2D eigenvalue weighted by atomic mass is 16.5. The zero-order valence-corrected chi connectivity index (χ0v) is 15.0. The first-order valence-corrected chi connectivity index (χ1v) is 8.66. The summed E-state index contributed by atoms with van der Waals surface area (Å²) in [6, 6.07) is 8.54. The first kappa shape index (κ1) is 18.7. The molecule has 0 saturated heterocycles. The summed E-state index contributed by atoms with van der Waals surface area (Å²) >= 11 is 0. The van der Waals surface area contributed by atoms with Crippen LogP contribution in [0.25, 0.3) is 0 Å². The molecule has 142 valence electrons. The Kier molecular flexibility index (Phi) is 5.87. The van der Waals surface area contributed by atoms with Crippen molar-refractivity contribution in [3.05, 3.63) is 47.9 Å². The van der Waals surface area contributed by atoms with Gasteiger partial charge in [-0.05, 0) is 48.7 Å². The molecule has 1 aliphatic rings. The fraction of sp³-hybridized carbons (Fsp3) is 0.316. The Labute approximate surface area is 156 Å². The lowest BCUT2D eigenvalue weighted by molar-refractivity contribution is -0.136. The van der Waals surface area contributed by atoms with Crippen LogP contribution in [0.3, 0.4) is 0 Å². The van der Waals surface area contributed by atoms with E-state index in [0.29, 0.717) is 18.8 Å². The number of furan rings is 1. The number of nitrogens with one attached hydrogen (secondary N) is 2.